The maximum absolute atomic E-state index is 9.06. The van der Waals surface area contributed by atoms with E-state index < -0.39 is 0 Å². The molecular formula is C18H21NO2. The Morgan fingerprint density at radius 3 is 2.62 bits per heavy atom. The molecule has 1 unspecified atom stereocenters. The number of benzene rings is 2. The number of ether oxygens (including phenoxy) is 1. The van der Waals surface area contributed by atoms with Gasteiger partial charge in [0.2, 0.25) is 0 Å². The summed E-state index contributed by atoms with van der Waals surface area (Å²) >= 11 is 0. The summed E-state index contributed by atoms with van der Waals surface area (Å²) in [6.07, 6.45) is 2.26. The number of rotatable bonds is 5. The molecule has 0 aromatic heterocycles. The SMILES string of the molecule is COc1ccc2c(c1)C(NCc1ccc(CO)cc1)CC2. The lowest BCUT2D eigenvalue weighted by molar-refractivity contribution is 0.282. The molecule has 1 aliphatic rings. The first-order chi connectivity index (χ1) is 10.3. The van der Waals surface area contributed by atoms with Crippen molar-refractivity contribution in [1.82, 2.24) is 5.32 Å². The Morgan fingerprint density at radius 2 is 1.90 bits per heavy atom. The number of aliphatic hydroxyl groups excluding tert-OH is 1. The lowest BCUT2D eigenvalue weighted by Gasteiger charge is -2.15. The maximum Gasteiger partial charge on any atom is 0.119 e. The molecule has 0 bridgehead atoms. The molecule has 3 nitrogen and oxygen atoms in total. The molecule has 2 aromatic carbocycles. The van der Waals surface area contributed by atoms with Crippen LogP contribution in [0.1, 0.15) is 34.7 Å². The van der Waals surface area contributed by atoms with E-state index in [1.54, 1.807) is 7.11 Å². The van der Waals surface area contributed by atoms with Crippen LogP contribution in [0.25, 0.3) is 0 Å². The molecule has 0 amide bonds. The van der Waals surface area contributed by atoms with Crippen LogP contribution in [0.4, 0.5) is 0 Å². The number of hydrogen-bond donors (Lipinski definition) is 2. The van der Waals surface area contributed by atoms with Crippen LogP contribution in [0.5, 0.6) is 5.75 Å². The van der Waals surface area contributed by atoms with E-state index in [0.29, 0.717) is 6.04 Å². The van der Waals surface area contributed by atoms with E-state index in [1.165, 1.54) is 16.7 Å². The van der Waals surface area contributed by atoms with Gasteiger partial charge in [0.1, 0.15) is 5.75 Å². The number of hydrogen-bond acceptors (Lipinski definition) is 3. The molecule has 0 aliphatic heterocycles. The fourth-order valence-electron chi connectivity index (χ4n) is 2.92. The molecule has 21 heavy (non-hydrogen) atoms. The summed E-state index contributed by atoms with van der Waals surface area (Å²) in [5.74, 6) is 0.926. The van der Waals surface area contributed by atoms with E-state index in [-0.39, 0.29) is 6.61 Å². The van der Waals surface area contributed by atoms with Gasteiger partial charge in [0.05, 0.1) is 13.7 Å². The molecule has 0 heterocycles. The smallest absolute Gasteiger partial charge is 0.119 e. The van der Waals surface area contributed by atoms with Crippen LogP contribution in [0.2, 0.25) is 0 Å². The van der Waals surface area contributed by atoms with Crippen LogP contribution in [0, 0.1) is 0 Å². The van der Waals surface area contributed by atoms with Crippen molar-refractivity contribution in [3.8, 4) is 5.75 Å². The third-order valence-electron chi connectivity index (χ3n) is 4.19. The third-order valence-corrected chi connectivity index (χ3v) is 4.19. The minimum Gasteiger partial charge on any atom is -0.497 e. The fraction of sp³-hybridized carbons (Fsp3) is 0.333. The molecule has 0 fully saturated rings. The van der Waals surface area contributed by atoms with Gasteiger partial charge in [-0.3, -0.25) is 0 Å². The van der Waals surface area contributed by atoms with Gasteiger partial charge in [0, 0.05) is 12.6 Å². The van der Waals surface area contributed by atoms with Crippen LogP contribution >= 0.6 is 0 Å². The van der Waals surface area contributed by atoms with Gasteiger partial charge in [-0.25, -0.2) is 0 Å². The Hall–Kier alpha value is -1.84. The average molecular weight is 283 g/mol. The Kier molecular flexibility index (Phi) is 4.23. The lowest BCUT2D eigenvalue weighted by Crippen LogP contribution is -2.18. The van der Waals surface area contributed by atoms with Gasteiger partial charge < -0.3 is 15.2 Å². The molecule has 2 N–H and O–H groups in total. The molecule has 2 aromatic rings. The van der Waals surface area contributed by atoms with E-state index in [9.17, 15) is 0 Å². The zero-order valence-electron chi connectivity index (χ0n) is 12.3. The van der Waals surface area contributed by atoms with Crippen molar-refractivity contribution in [2.45, 2.75) is 32.0 Å². The molecule has 1 atom stereocenters. The Bertz CT molecular complexity index is 607. The fourth-order valence-corrected chi connectivity index (χ4v) is 2.92. The van der Waals surface area contributed by atoms with Crippen molar-refractivity contribution in [3.63, 3.8) is 0 Å². The van der Waals surface area contributed by atoms with Crippen molar-refractivity contribution in [1.29, 1.82) is 0 Å². The first-order valence-corrected chi connectivity index (χ1v) is 7.39. The third kappa shape index (κ3) is 3.09. The molecule has 3 rings (SSSR count). The molecule has 0 saturated heterocycles. The van der Waals surface area contributed by atoms with Gasteiger partial charge in [-0.2, -0.15) is 0 Å². The van der Waals surface area contributed by atoms with Crippen LogP contribution in [0.15, 0.2) is 42.5 Å². The highest BCUT2D eigenvalue weighted by molar-refractivity contribution is 5.40. The van der Waals surface area contributed by atoms with Crippen LogP contribution < -0.4 is 10.1 Å². The largest absolute Gasteiger partial charge is 0.497 e. The van der Waals surface area contributed by atoms with E-state index >= 15 is 0 Å². The van der Waals surface area contributed by atoms with Gasteiger partial charge in [0.25, 0.3) is 0 Å². The van der Waals surface area contributed by atoms with Crippen molar-refractivity contribution in [3.05, 3.63) is 64.7 Å². The second kappa shape index (κ2) is 6.29. The first-order valence-electron chi connectivity index (χ1n) is 7.39. The van der Waals surface area contributed by atoms with E-state index in [2.05, 4.69) is 29.6 Å². The van der Waals surface area contributed by atoms with Crippen molar-refractivity contribution in [2.24, 2.45) is 0 Å². The van der Waals surface area contributed by atoms with E-state index in [0.717, 1.165) is 30.7 Å². The van der Waals surface area contributed by atoms with Crippen LogP contribution in [-0.2, 0) is 19.6 Å². The predicted octanol–water partition coefficient (Wildman–Crippen LogP) is 2.96. The summed E-state index contributed by atoms with van der Waals surface area (Å²) in [4.78, 5) is 0. The van der Waals surface area contributed by atoms with Gasteiger partial charge >= 0.3 is 0 Å². The minimum absolute atomic E-state index is 0.101. The van der Waals surface area contributed by atoms with Gasteiger partial charge in [-0.1, -0.05) is 30.3 Å². The van der Waals surface area contributed by atoms with E-state index in [1.807, 2.05) is 18.2 Å². The summed E-state index contributed by atoms with van der Waals surface area (Å²) in [7, 11) is 1.71. The molecule has 0 saturated carbocycles. The standard InChI is InChI=1S/C18H21NO2/c1-21-16-8-6-15-7-9-18(17(15)10-16)19-11-13-2-4-14(12-20)5-3-13/h2-6,8,10,18-20H,7,9,11-12H2,1H3. The highest BCUT2D eigenvalue weighted by Crippen LogP contribution is 2.33. The zero-order valence-corrected chi connectivity index (χ0v) is 12.3. The van der Waals surface area contributed by atoms with Crippen molar-refractivity contribution in [2.75, 3.05) is 7.11 Å². The first kappa shape index (κ1) is 14.1. The summed E-state index contributed by atoms with van der Waals surface area (Å²) in [5.41, 5.74) is 4.98. The second-order valence-electron chi connectivity index (χ2n) is 5.51. The lowest BCUT2D eigenvalue weighted by atomic mass is 10.1. The number of aryl methyl sites for hydroxylation is 1. The van der Waals surface area contributed by atoms with Crippen molar-refractivity contribution < 1.29 is 9.84 Å². The average Bonchev–Trinajstić information content (AvgIpc) is 2.95. The zero-order chi connectivity index (χ0) is 14.7. The topological polar surface area (TPSA) is 41.5 Å². The van der Waals surface area contributed by atoms with Crippen molar-refractivity contribution >= 4 is 0 Å². The quantitative estimate of drug-likeness (QED) is 0.886. The Morgan fingerprint density at radius 1 is 1.14 bits per heavy atom. The number of fused-ring (bicyclic) bond motifs is 1. The molecule has 0 radical (unpaired) electrons. The maximum atomic E-state index is 9.06. The Labute approximate surface area is 125 Å². The molecule has 1 aliphatic carbocycles. The Balaban J connectivity index is 1.67. The molecule has 110 valence electrons. The van der Waals surface area contributed by atoms with Gasteiger partial charge in [-0.15, -0.1) is 0 Å². The predicted molar refractivity (Wildman–Crippen MR) is 83.3 cm³/mol. The molecule has 0 spiro atoms. The normalized spacial score (nSPS) is 16.8. The minimum atomic E-state index is 0.101. The number of aliphatic hydroxyl groups is 1. The monoisotopic (exact) mass is 283 g/mol. The molecule has 3 heteroatoms. The summed E-state index contributed by atoms with van der Waals surface area (Å²) in [5, 5.41) is 12.7. The van der Waals surface area contributed by atoms with Crippen LogP contribution in [0.3, 0.4) is 0 Å². The summed E-state index contributed by atoms with van der Waals surface area (Å²) in [6, 6.07) is 14.8. The van der Waals surface area contributed by atoms with Gasteiger partial charge in [-0.05, 0) is 47.2 Å². The number of methoxy groups -OCH3 is 1. The second-order valence-corrected chi connectivity index (χ2v) is 5.51. The van der Waals surface area contributed by atoms with Crippen LogP contribution in [-0.4, -0.2) is 12.2 Å². The molecular weight excluding hydrogens is 262 g/mol. The highest BCUT2D eigenvalue weighted by Gasteiger charge is 2.22. The van der Waals surface area contributed by atoms with Gasteiger partial charge in [0.15, 0.2) is 0 Å². The number of nitrogens with one attached hydrogen (secondary N) is 1. The highest BCUT2D eigenvalue weighted by atomic mass is 16.5. The van der Waals surface area contributed by atoms with E-state index in [4.69, 9.17) is 9.84 Å². The summed E-state index contributed by atoms with van der Waals surface area (Å²) < 4.78 is 5.32. The summed E-state index contributed by atoms with van der Waals surface area (Å²) in [6.45, 7) is 0.941.